The average molecular weight is 300 g/mol. The maximum absolute atomic E-state index is 12.0. The van der Waals surface area contributed by atoms with Crippen LogP contribution in [0.2, 0.25) is 5.02 Å². The van der Waals surface area contributed by atoms with Crippen LogP contribution in [0.25, 0.3) is 22.0 Å². The summed E-state index contributed by atoms with van der Waals surface area (Å²) in [5.41, 5.74) is 3.31. The molecule has 0 aliphatic carbocycles. The first-order chi connectivity index (χ1) is 10.1. The van der Waals surface area contributed by atoms with Crippen molar-refractivity contribution in [3.63, 3.8) is 0 Å². The Morgan fingerprint density at radius 2 is 1.95 bits per heavy atom. The number of esters is 1. The number of hydrogen-bond donors (Lipinski definition) is 0. The number of fused-ring (bicyclic) bond motifs is 1. The molecule has 0 saturated heterocycles. The van der Waals surface area contributed by atoms with Crippen LogP contribution in [0, 0.1) is 0 Å². The van der Waals surface area contributed by atoms with Gasteiger partial charge in [-0.3, -0.25) is 0 Å². The van der Waals surface area contributed by atoms with Crippen molar-refractivity contribution < 1.29 is 9.53 Å². The quantitative estimate of drug-likeness (QED) is 0.661. The van der Waals surface area contributed by atoms with E-state index in [2.05, 4.69) is 0 Å². The van der Waals surface area contributed by atoms with Gasteiger partial charge in [0.2, 0.25) is 0 Å². The fourth-order valence-corrected chi connectivity index (χ4v) is 2.75. The molecule has 2 aromatic carbocycles. The third-order valence-electron chi connectivity index (χ3n) is 3.59. The van der Waals surface area contributed by atoms with Gasteiger partial charge in [-0.25, -0.2) is 4.79 Å². The molecule has 4 heteroatoms. The molecule has 1 heterocycles. The number of carbonyl (C=O) groups is 1. The summed E-state index contributed by atoms with van der Waals surface area (Å²) < 4.78 is 6.87. The maximum Gasteiger partial charge on any atom is 0.338 e. The van der Waals surface area contributed by atoms with Crippen molar-refractivity contribution in [2.24, 2.45) is 7.05 Å². The highest BCUT2D eigenvalue weighted by molar-refractivity contribution is 6.33. The molecule has 0 aliphatic rings. The van der Waals surface area contributed by atoms with Gasteiger partial charge < -0.3 is 9.30 Å². The summed E-state index contributed by atoms with van der Waals surface area (Å²) in [4.78, 5) is 12.0. The molecule has 21 heavy (non-hydrogen) atoms. The first kappa shape index (κ1) is 13.7. The molecule has 0 radical (unpaired) electrons. The van der Waals surface area contributed by atoms with Crippen LogP contribution in [-0.2, 0) is 11.8 Å². The van der Waals surface area contributed by atoms with E-state index >= 15 is 0 Å². The Kier molecular flexibility index (Phi) is 3.43. The van der Waals surface area contributed by atoms with Crippen molar-refractivity contribution in [2.45, 2.75) is 0 Å². The SMILES string of the molecule is COC(=O)c1cc(-c2ccccc2Cl)cc2c1ccn2C. The first-order valence-corrected chi connectivity index (χ1v) is 6.92. The lowest BCUT2D eigenvalue weighted by molar-refractivity contribution is 0.0603. The van der Waals surface area contributed by atoms with Crippen LogP contribution in [0.15, 0.2) is 48.7 Å². The summed E-state index contributed by atoms with van der Waals surface area (Å²) in [6, 6.07) is 13.4. The molecule has 3 rings (SSSR count). The minimum atomic E-state index is -0.347. The van der Waals surface area contributed by atoms with E-state index in [1.165, 1.54) is 7.11 Å². The largest absolute Gasteiger partial charge is 0.465 e. The van der Waals surface area contributed by atoms with E-state index in [0.717, 1.165) is 22.0 Å². The molecule has 3 nitrogen and oxygen atoms in total. The number of aryl methyl sites for hydroxylation is 1. The zero-order chi connectivity index (χ0) is 15.0. The molecule has 3 aromatic rings. The molecule has 1 aromatic heterocycles. The van der Waals surface area contributed by atoms with Crippen molar-refractivity contribution in [3.8, 4) is 11.1 Å². The Balaban J connectivity index is 2.32. The summed E-state index contributed by atoms with van der Waals surface area (Å²) >= 11 is 6.27. The van der Waals surface area contributed by atoms with E-state index in [-0.39, 0.29) is 5.97 Å². The van der Waals surface area contributed by atoms with Crippen molar-refractivity contribution >= 4 is 28.5 Å². The molecule has 0 atom stereocenters. The fraction of sp³-hybridized carbons (Fsp3) is 0.118. The van der Waals surface area contributed by atoms with Gasteiger partial charge in [0.25, 0.3) is 0 Å². The second-order valence-electron chi connectivity index (χ2n) is 4.85. The second-order valence-corrected chi connectivity index (χ2v) is 5.26. The number of aromatic nitrogens is 1. The third kappa shape index (κ3) is 2.30. The van der Waals surface area contributed by atoms with E-state index < -0.39 is 0 Å². The number of nitrogens with zero attached hydrogens (tertiary/aromatic N) is 1. The number of hydrogen-bond acceptors (Lipinski definition) is 2. The van der Waals surface area contributed by atoms with Crippen LogP contribution >= 0.6 is 11.6 Å². The molecule has 0 amide bonds. The lowest BCUT2D eigenvalue weighted by Crippen LogP contribution is -2.02. The van der Waals surface area contributed by atoms with Crippen LogP contribution < -0.4 is 0 Å². The topological polar surface area (TPSA) is 31.2 Å². The Morgan fingerprint density at radius 1 is 1.19 bits per heavy atom. The maximum atomic E-state index is 12.0. The highest BCUT2D eigenvalue weighted by Gasteiger charge is 2.15. The predicted molar refractivity (Wildman–Crippen MR) is 84.7 cm³/mol. The highest BCUT2D eigenvalue weighted by Crippen LogP contribution is 2.32. The number of ether oxygens (including phenoxy) is 1. The molecule has 0 fully saturated rings. The van der Waals surface area contributed by atoms with E-state index in [0.29, 0.717) is 10.6 Å². The van der Waals surface area contributed by atoms with Crippen molar-refractivity contribution in [2.75, 3.05) is 7.11 Å². The van der Waals surface area contributed by atoms with Crippen LogP contribution in [0.5, 0.6) is 0 Å². The minimum absolute atomic E-state index is 0.347. The van der Waals surface area contributed by atoms with Crippen LogP contribution in [-0.4, -0.2) is 17.6 Å². The lowest BCUT2D eigenvalue weighted by Gasteiger charge is -2.09. The molecule has 106 valence electrons. The summed E-state index contributed by atoms with van der Waals surface area (Å²) in [5, 5.41) is 1.53. The second kappa shape index (κ2) is 5.26. The number of rotatable bonds is 2. The molecule has 0 aliphatic heterocycles. The Morgan fingerprint density at radius 3 is 2.67 bits per heavy atom. The normalized spacial score (nSPS) is 10.8. The number of halogens is 1. The van der Waals surface area contributed by atoms with Gasteiger partial charge in [-0.05, 0) is 29.8 Å². The molecule has 0 spiro atoms. The zero-order valence-electron chi connectivity index (χ0n) is 11.8. The molecule has 0 saturated carbocycles. The van der Waals surface area contributed by atoms with E-state index in [9.17, 15) is 4.79 Å². The Hall–Kier alpha value is -2.26. The highest BCUT2D eigenvalue weighted by atomic mass is 35.5. The Labute approximate surface area is 127 Å². The minimum Gasteiger partial charge on any atom is -0.465 e. The fourth-order valence-electron chi connectivity index (χ4n) is 2.50. The summed E-state index contributed by atoms with van der Waals surface area (Å²) in [6.07, 6.45) is 1.92. The molecule has 0 bridgehead atoms. The number of benzene rings is 2. The van der Waals surface area contributed by atoms with Gasteiger partial charge in [0.1, 0.15) is 0 Å². The van der Waals surface area contributed by atoms with Gasteiger partial charge in [0, 0.05) is 34.7 Å². The predicted octanol–water partition coefficient (Wildman–Crippen LogP) is 4.29. The summed E-state index contributed by atoms with van der Waals surface area (Å²) in [6.45, 7) is 0. The van der Waals surface area contributed by atoms with Crippen molar-refractivity contribution in [3.05, 3.63) is 59.2 Å². The van der Waals surface area contributed by atoms with E-state index in [1.807, 2.05) is 60.3 Å². The van der Waals surface area contributed by atoms with E-state index in [4.69, 9.17) is 16.3 Å². The van der Waals surface area contributed by atoms with Gasteiger partial charge in [-0.1, -0.05) is 29.8 Å². The Bertz CT molecular complexity index is 836. The van der Waals surface area contributed by atoms with Gasteiger partial charge >= 0.3 is 5.97 Å². The van der Waals surface area contributed by atoms with E-state index in [1.54, 1.807) is 0 Å². The van der Waals surface area contributed by atoms with Gasteiger partial charge in [0.15, 0.2) is 0 Å². The standard InChI is InChI=1S/C17H14ClNO2/c1-19-8-7-13-14(17(20)21-2)9-11(10-16(13)19)12-5-3-4-6-15(12)18/h3-10H,1-2H3. The van der Waals surface area contributed by atoms with Crippen LogP contribution in [0.4, 0.5) is 0 Å². The number of carbonyl (C=O) groups excluding carboxylic acids is 1. The van der Waals surface area contributed by atoms with Gasteiger partial charge in [-0.2, -0.15) is 0 Å². The molecular formula is C17H14ClNO2. The van der Waals surface area contributed by atoms with Gasteiger partial charge in [0.05, 0.1) is 12.7 Å². The third-order valence-corrected chi connectivity index (χ3v) is 3.92. The first-order valence-electron chi connectivity index (χ1n) is 6.54. The zero-order valence-corrected chi connectivity index (χ0v) is 12.5. The van der Waals surface area contributed by atoms with Crippen LogP contribution in [0.3, 0.4) is 0 Å². The lowest BCUT2D eigenvalue weighted by atomic mass is 10.00. The average Bonchev–Trinajstić information content (AvgIpc) is 2.87. The molecular weight excluding hydrogens is 286 g/mol. The summed E-state index contributed by atoms with van der Waals surface area (Å²) in [7, 11) is 3.33. The van der Waals surface area contributed by atoms with Crippen LogP contribution in [0.1, 0.15) is 10.4 Å². The van der Waals surface area contributed by atoms with Crippen molar-refractivity contribution in [1.82, 2.24) is 4.57 Å². The molecule has 0 unspecified atom stereocenters. The monoisotopic (exact) mass is 299 g/mol. The van der Waals surface area contributed by atoms with Crippen molar-refractivity contribution in [1.29, 1.82) is 0 Å². The summed E-state index contributed by atoms with van der Waals surface area (Å²) in [5.74, 6) is -0.347. The number of methoxy groups -OCH3 is 1. The molecule has 0 N–H and O–H groups in total. The smallest absolute Gasteiger partial charge is 0.338 e. The van der Waals surface area contributed by atoms with Gasteiger partial charge in [-0.15, -0.1) is 0 Å².